The Morgan fingerprint density at radius 3 is 2.42 bits per heavy atom. The quantitative estimate of drug-likeness (QED) is 0.877. The average Bonchev–Trinajstić information content (AvgIpc) is 3.02. The minimum absolute atomic E-state index is 0.0445. The van der Waals surface area contributed by atoms with Crippen molar-refractivity contribution in [1.82, 2.24) is 9.80 Å². The van der Waals surface area contributed by atoms with E-state index in [0.717, 1.165) is 31.9 Å². The third-order valence-corrected chi connectivity index (χ3v) is 5.01. The molecule has 0 spiro atoms. The molecule has 6 heteroatoms. The van der Waals surface area contributed by atoms with Crippen molar-refractivity contribution in [2.45, 2.75) is 19.1 Å². The zero-order valence-corrected chi connectivity index (χ0v) is 14.5. The maximum Gasteiger partial charge on any atom is 0.254 e. The Kier molecular flexibility index (Phi) is 5.38. The molecule has 0 aromatic heterocycles. The summed E-state index contributed by atoms with van der Waals surface area (Å²) in [7, 11) is 2.14. The number of piperazine rings is 1. The highest BCUT2D eigenvalue weighted by atomic mass is 16.5. The van der Waals surface area contributed by atoms with Gasteiger partial charge in [-0.1, -0.05) is 0 Å². The highest BCUT2D eigenvalue weighted by Crippen LogP contribution is 2.20. The van der Waals surface area contributed by atoms with Crippen molar-refractivity contribution in [3.8, 4) is 0 Å². The largest absolute Gasteiger partial charge is 0.388 e. The van der Waals surface area contributed by atoms with E-state index in [-0.39, 0.29) is 11.9 Å². The molecule has 1 N–H and O–H groups in total. The summed E-state index contributed by atoms with van der Waals surface area (Å²) in [6, 6.07) is 7.57. The molecular weight excluding hydrogens is 306 g/mol. The van der Waals surface area contributed by atoms with E-state index < -0.39 is 6.10 Å². The van der Waals surface area contributed by atoms with E-state index in [9.17, 15) is 9.90 Å². The summed E-state index contributed by atoms with van der Waals surface area (Å²) in [5.74, 6) is -0.0445. The van der Waals surface area contributed by atoms with Gasteiger partial charge in [-0.3, -0.25) is 4.79 Å². The molecule has 0 unspecified atom stereocenters. The molecule has 1 amide bonds. The molecule has 132 valence electrons. The molecule has 2 heterocycles. The van der Waals surface area contributed by atoms with E-state index in [2.05, 4.69) is 16.8 Å². The molecule has 2 aliphatic heterocycles. The first kappa shape index (κ1) is 17.2. The SMILES string of the molecule is CCN(C(=O)c1ccc(N2CCN(C)CC2)cc1)[C@@H]1COC[C@H]1O. The Morgan fingerprint density at radius 1 is 1.21 bits per heavy atom. The smallest absolute Gasteiger partial charge is 0.254 e. The molecule has 2 saturated heterocycles. The maximum absolute atomic E-state index is 12.8. The number of benzene rings is 1. The summed E-state index contributed by atoms with van der Waals surface area (Å²) >= 11 is 0. The summed E-state index contributed by atoms with van der Waals surface area (Å²) in [6.45, 7) is 7.34. The second-order valence-electron chi connectivity index (χ2n) is 6.60. The summed E-state index contributed by atoms with van der Waals surface area (Å²) in [5.41, 5.74) is 1.82. The number of carbonyl (C=O) groups excluding carboxylic acids is 1. The minimum atomic E-state index is -0.599. The van der Waals surface area contributed by atoms with Crippen molar-refractivity contribution in [2.75, 3.05) is 57.9 Å². The Morgan fingerprint density at radius 2 is 1.88 bits per heavy atom. The minimum Gasteiger partial charge on any atom is -0.388 e. The maximum atomic E-state index is 12.8. The van der Waals surface area contributed by atoms with Crippen molar-refractivity contribution in [3.63, 3.8) is 0 Å². The molecule has 0 saturated carbocycles. The lowest BCUT2D eigenvalue weighted by Gasteiger charge is -2.34. The number of anilines is 1. The fraction of sp³-hybridized carbons (Fsp3) is 0.611. The van der Waals surface area contributed by atoms with Gasteiger partial charge in [0.2, 0.25) is 0 Å². The third-order valence-electron chi connectivity index (χ3n) is 5.01. The van der Waals surface area contributed by atoms with Gasteiger partial charge in [-0.2, -0.15) is 0 Å². The van der Waals surface area contributed by atoms with Crippen LogP contribution >= 0.6 is 0 Å². The van der Waals surface area contributed by atoms with Gasteiger partial charge in [0.1, 0.15) is 0 Å². The number of aliphatic hydroxyl groups is 1. The van der Waals surface area contributed by atoms with E-state index in [1.54, 1.807) is 4.90 Å². The van der Waals surface area contributed by atoms with Crippen molar-refractivity contribution >= 4 is 11.6 Å². The van der Waals surface area contributed by atoms with Crippen molar-refractivity contribution in [1.29, 1.82) is 0 Å². The number of amides is 1. The first-order chi connectivity index (χ1) is 11.6. The predicted molar refractivity (Wildman–Crippen MR) is 93.5 cm³/mol. The lowest BCUT2D eigenvalue weighted by Crippen LogP contribution is -2.46. The zero-order chi connectivity index (χ0) is 17.1. The zero-order valence-electron chi connectivity index (χ0n) is 14.5. The molecule has 0 aliphatic carbocycles. The normalized spacial score (nSPS) is 25.0. The molecule has 1 aromatic rings. The monoisotopic (exact) mass is 333 g/mol. The van der Waals surface area contributed by atoms with Crippen LogP contribution < -0.4 is 4.90 Å². The number of hydrogen-bond acceptors (Lipinski definition) is 5. The molecule has 1 aromatic carbocycles. The van der Waals surface area contributed by atoms with E-state index >= 15 is 0 Å². The Hall–Kier alpha value is -1.63. The van der Waals surface area contributed by atoms with Crippen LogP contribution in [0.5, 0.6) is 0 Å². The third kappa shape index (κ3) is 3.55. The van der Waals surface area contributed by atoms with Gasteiger partial charge in [0.15, 0.2) is 0 Å². The van der Waals surface area contributed by atoms with Crippen LogP contribution in [0.25, 0.3) is 0 Å². The number of ether oxygens (including phenoxy) is 1. The van der Waals surface area contributed by atoms with Gasteiger partial charge in [0.05, 0.1) is 25.4 Å². The van der Waals surface area contributed by atoms with E-state index in [4.69, 9.17) is 4.74 Å². The Bertz CT molecular complexity index is 555. The Labute approximate surface area is 143 Å². The van der Waals surface area contributed by atoms with Gasteiger partial charge in [-0.25, -0.2) is 0 Å². The number of aliphatic hydroxyl groups excluding tert-OH is 1. The predicted octanol–water partition coefficient (Wildman–Crippen LogP) is 0.660. The van der Waals surface area contributed by atoms with Crippen molar-refractivity contribution < 1.29 is 14.6 Å². The van der Waals surface area contributed by atoms with Gasteiger partial charge in [0, 0.05) is 44.0 Å². The number of rotatable bonds is 4. The standard InChI is InChI=1S/C18H27N3O3/c1-3-21(16-12-24-13-17(16)22)18(23)14-4-6-15(7-5-14)20-10-8-19(2)9-11-20/h4-7,16-17,22H,3,8-13H2,1-2H3/t16-,17-/m1/s1. The highest BCUT2D eigenvalue weighted by molar-refractivity contribution is 5.94. The van der Waals surface area contributed by atoms with Gasteiger partial charge < -0.3 is 24.5 Å². The fourth-order valence-corrected chi connectivity index (χ4v) is 3.40. The summed E-state index contributed by atoms with van der Waals surface area (Å²) < 4.78 is 5.29. The average molecular weight is 333 g/mol. The van der Waals surface area contributed by atoms with Crippen molar-refractivity contribution in [3.05, 3.63) is 29.8 Å². The molecule has 2 atom stereocenters. The van der Waals surface area contributed by atoms with Crippen LogP contribution in [-0.4, -0.2) is 85.9 Å². The van der Waals surface area contributed by atoms with Crippen LogP contribution in [0, 0.1) is 0 Å². The van der Waals surface area contributed by atoms with Crippen LogP contribution in [0.2, 0.25) is 0 Å². The molecule has 0 radical (unpaired) electrons. The number of hydrogen-bond donors (Lipinski definition) is 1. The molecule has 2 fully saturated rings. The van der Waals surface area contributed by atoms with E-state index in [1.807, 2.05) is 31.2 Å². The number of nitrogens with zero attached hydrogens (tertiary/aromatic N) is 3. The van der Waals surface area contributed by atoms with Gasteiger partial charge >= 0.3 is 0 Å². The fourth-order valence-electron chi connectivity index (χ4n) is 3.40. The number of likely N-dealkylation sites (N-methyl/N-ethyl adjacent to an activating group) is 2. The lowest BCUT2D eigenvalue weighted by molar-refractivity contribution is 0.0520. The molecule has 24 heavy (non-hydrogen) atoms. The van der Waals surface area contributed by atoms with Crippen molar-refractivity contribution in [2.24, 2.45) is 0 Å². The van der Waals surface area contributed by atoms with Crippen LogP contribution in [-0.2, 0) is 4.74 Å². The Balaban J connectivity index is 1.69. The second kappa shape index (κ2) is 7.51. The first-order valence-corrected chi connectivity index (χ1v) is 8.70. The molecule has 2 aliphatic rings. The van der Waals surface area contributed by atoms with Crippen LogP contribution in [0.1, 0.15) is 17.3 Å². The van der Waals surface area contributed by atoms with Crippen LogP contribution in [0.4, 0.5) is 5.69 Å². The lowest BCUT2D eigenvalue weighted by atomic mass is 10.1. The van der Waals surface area contributed by atoms with Crippen LogP contribution in [0.3, 0.4) is 0 Å². The van der Waals surface area contributed by atoms with Gasteiger partial charge in [-0.05, 0) is 38.2 Å². The van der Waals surface area contributed by atoms with Gasteiger partial charge in [-0.15, -0.1) is 0 Å². The molecular formula is C18H27N3O3. The molecule has 3 rings (SSSR count). The molecule has 6 nitrogen and oxygen atoms in total. The number of carbonyl (C=O) groups is 1. The summed E-state index contributed by atoms with van der Waals surface area (Å²) in [6.07, 6.45) is -0.599. The first-order valence-electron chi connectivity index (χ1n) is 8.70. The molecule has 0 bridgehead atoms. The highest BCUT2D eigenvalue weighted by Gasteiger charge is 2.34. The summed E-state index contributed by atoms with van der Waals surface area (Å²) in [5, 5.41) is 9.99. The van der Waals surface area contributed by atoms with Gasteiger partial charge in [0.25, 0.3) is 5.91 Å². The summed E-state index contributed by atoms with van der Waals surface area (Å²) in [4.78, 5) is 19.2. The topological polar surface area (TPSA) is 56.3 Å². The van der Waals surface area contributed by atoms with E-state index in [1.165, 1.54) is 0 Å². The second-order valence-corrected chi connectivity index (χ2v) is 6.60. The van der Waals surface area contributed by atoms with Crippen LogP contribution in [0.15, 0.2) is 24.3 Å². The van der Waals surface area contributed by atoms with E-state index in [0.29, 0.717) is 25.3 Å².